The molecule has 0 amide bonds. The largest absolute Gasteiger partial charge is 0.378 e. The normalized spacial score (nSPS) is 15.0. The van der Waals surface area contributed by atoms with E-state index in [-0.39, 0.29) is 24.0 Å². The van der Waals surface area contributed by atoms with Crippen molar-refractivity contribution in [3.63, 3.8) is 0 Å². The van der Waals surface area contributed by atoms with Crippen molar-refractivity contribution in [1.29, 1.82) is 0 Å². The van der Waals surface area contributed by atoms with E-state index in [4.69, 9.17) is 4.74 Å². The van der Waals surface area contributed by atoms with Gasteiger partial charge < -0.3 is 20.3 Å². The first kappa shape index (κ1) is 26.0. The molecule has 1 fully saturated rings. The summed E-state index contributed by atoms with van der Waals surface area (Å²) in [5.74, 6) is 0.859. The number of aliphatic imine (C=N–C) groups is 1. The molecule has 1 aliphatic heterocycles. The van der Waals surface area contributed by atoms with Crippen LogP contribution in [0, 0.1) is 0 Å². The lowest BCUT2D eigenvalue weighted by atomic mass is 10.2. The Morgan fingerprint density at radius 3 is 2.24 bits per heavy atom. The molecule has 166 valence electrons. The highest BCUT2D eigenvalue weighted by Gasteiger charge is 2.13. The van der Waals surface area contributed by atoms with Gasteiger partial charge in [-0.2, -0.15) is 0 Å². The molecule has 2 N–H and O–H groups in total. The van der Waals surface area contributed by atoms with Crippen LogP contribution in [-0.2, 0) is 11.3 Å². The molecule has 1 aliphatic rings. The molecular weight excluding hydrogens is 477 g/mol. The van der Waals surface area contributed by atoms with Crippen LogP contribution in [0.1, 0.15) is 39.7 Å². The highest BCUT2D eigenvalue weighted by molar-refractivity contribution is 14.0. The van der Waals surface area contributed by atoms with E-state index in [0.717, 1.165) is 58.3 Å². The van der Waals surface area contributed by atoms with Crippen LogP contribution in [0.15, 0.2) is 29.3 Å². The Hall–Kier alpha value is -1.06. The molecule has 0 atom stereocenters. The highest BCUT2D eigenvalue weighted by atomic mass is 127. The van der Waals surface area contributed by atoms with Crippen molar-refractivity contribution in [3.8, 4) is 0 Å². The maximum Gasteiger partial charge on any atom is 0.191 e. The molecule has 2 rings (SSSR count). The Morgan fingerprint density at radius 2 is 1.69 bits per heavy atom. The predicted molar refractivity (Wildman–Crippen MR) is 135 cm³/mol. The van der Waals surface area contributed by atoms with Crippen molar-refractivity contribution < 1.29 is 4.74 Å². The molecule has 0 radical (unpaired) electrons. The Bertz CT molecular complexity index is 577. The number of ether oxygens (including phenoxy) is 1. The summed E-state index contributed by atoms with van der Waals surface area (Å²) in [7, 11) is 1.82. The lowest BCUT2D eigenvalue weighted by Crippen LogP contribution is -2.41. The van der Waals surface area contributed by atoms with Gasteiger partial charge in [0.05, 0.1) is 13.2 Å². The fourth-order valence-corrected chi connectivity index (χ4v) is 3.63. The van der Waals surface area contributed by atoms with Gasteiger partial charge in [-0.25, -0.2) is 0 Å². The fraction of sp³-hybridized carbons (Fsp3) is 0.682. The number of benzene rings is 1. The summed E-state index contributed by atoms with van der Waals surface area (Å²) in [6, 6.07) is 9.94. The topological polar surface area (TPSA) is 52.1 Å². The molecule has 0 saturated carbocycles. The Kier molecular flexibility index (Phi) is 12.6. The average molecular weight is 518 g/mol. The van der Waals surface area contributed by atoms with E-state index in [1.807, 2.05) is 7.05 Å². The molecule has 29 heavy (non-hydrogen) atoms. The molecule has 0 bridgehead atoms. The number of rotatable bonds is 9. The molecular formula is C22H40IN5O. The average Bonchev–Trinajstić information content (AvgIpc) is 2.70. The minimum atomic E-state index is 0. The molecule has 0 spiro atoms. The van der Waals surface area contributed by atoms with Crippen LogP contribution in [0.4, 0.5) is 5.69 Å². The first-order valence-corrected chi connectivity index (χ1v) is 10.6. The highest BCUT2D eigenvalue weighted by Crippen LogP contribution is 2.16. The van der Waals surface area contributed by atoms with E-state index < -0.39 is 0 Å². The number of nitrogens with one attached hydrogen (secondary N) is 2. The van der Waals surface area contributed by atoms with Gasteiger partial charge in [0, 0.05) is 57.5 Å². The number of halogens is 1. The van der Waals surface area contributed by atoms with Gasteiger partial charge in [0.2, 0.25) is 0 Å². The lowest BCUT2D eigenvalue weighted by molar-refractivity contribution is 0.122. The second-order valence-electron chi connectivity index (χ2n) is 7.90. The molecule has 0 unspecified atom stereocenters. The molecule has 1 saturated heterocycles. The summed E-state index contributed by atoms with van der Waals surface area (Å²) >= 11 is 0. The van der Waals surface area contributed by atoms with Crippen LogP contribution >= 0.6 is 24.0 Å². The van der Waals surface area contributed by atoms with Gasteiger partial charge >= 0.3 is 0 Å². The SMILES string of the molecule is CN=C(NCCCN(C(C)C)C(C)C)NCc1ccc(N2CCOCC2)cc1.I. The molecule has 6 nitrogen and oxygen atoms in total. The standard InChI is InChI=1S/C22H39N5O.HI/c1-18(2)27(19(3)4)12-6-11-24-22(23-5)25-17-20-7-9-21(10-8-20)26-13-15-28-16-14-26;/h7-10,18-19H,6,11-17H2,1-5H3,(H2,23,24,25);1H. The minimum Gasteiger partial charge on any atom is -0.378 e. The maximum atomic E-state index is 5.42. The van der Waals surface area contributed by atoms with E-state index in [1.54, 1.807) is 0 Å². The summed E-state index contributed by atoms with van der Waals surface area (Å²) in [5.41, 5.74) is 2.53. The monoisotopic (exact) mass is 517 g/mol. The van der Waals surface area contributed by atoms with Gasteiger partial charge in [0.1, 0.15) is 0 Å². The number of hydrogen-bond acceptors (Lipinski definition) is 4. The van der Waals surface area contributed by atoms with Crippen LogP contribution in [0.5, 0.6) is 0 Å². The maximum absolute atomic E-state index is 5.42. The predicted octanol–water partition coefficient (Wildman–Crippen LogP) is 3.32. The number of anilines is 1. The third-order valence-electron chi connectivity index (χ3n) is 5.21. The van der Waals surface area contributed by atoms with E-state index in [1.165, 1.54) is 11.3 Å². The van der Waals surface area contributed by atoms with Gasteiger partial charge in [-0.05, 0) is 51.8 Å². The van der Waals surface area contributed by atoms with Crippen molar-refractivity contribution in [3.05, 3.63) is 29.8 Å². The summed E-state index contributed by atoms with van der Waals surface area (Å²) in [5, 5.41) is 6.84. The minimum absolute atomic E-state index is 0. The molecule has 7 heteroatoms. The van der Waals surface area contributed by atoms with Crippen molar-refractivity contribution in [2.75, 3.05) is 51.3 Å². The number of nitrogens with zero attached hydrogens (tertiary/aromatic N) is 3. The van der Waals surface area contributed by atoms with Gasteiger partial charge in [0.15, 0.2) is 5.96 Å². The molecule has 0 aliphatic carbocycles. The van der Waals surface area contributed by atoms with E-state index in [0.29, 0.717) is 12.1 Å². The van der Waals surface area contributed by atoms with E-state index in [9.17, 15) is 0 Å². The third-order valence-corrected chi connectivity index (χ3v) is 5.21. The second-order valence-corrected chi connectivity index (χ2v) is 7.90. The smallest absolute Gasteiger partial charge is 0.191 e. The van der Waals surface area contributed by atoms with Crippen LogP contribution in [0.2, 0.25) is 0 Å². The van der Waals surface area contributed by atoms with Gasteiger partial charge in [-0.1, -0.05) is 12.1 Å². The van der Waals surface area contributed by atoms with Crippen LogP contribution in [0.3, 0.4) is 0 Å². The summed E-state index contributed by atoms with van der Waals surface area (Å²) in [4.78, 5) is 9.24. The van der Waals surface area contributed by atoms with Crippen molar-refractivity contribution in [2.45, 2.75) is 52.7 Å². The Morgan fingerprint density at radius 1 is 1.07 bits per heavy atom. The number of hydrogen-bond donors (Lipinski definition) is 2. The molecule has 1 heterocycles. The van der Waals surface area contributed by atoms with Crippen LogP contribution < -0.4 is 15.5 Å². The van der Waals surface area contributed by atoms with E-state index >= 15 is 0 Å². The van der Waals surface area contributed by atoms with Gasteiger partial charge in [0.25, 0.3) is 0 Å². The Labute approximate surface area is 194 Å². The van der Waals surface area contributed by atoms with Gasteiger partial charge in [-0.15, -0.1) is 24.0 Å². The number of guanidine groups is 1. The number of morpholine rings is 1. The fourth-order valence-electron chi connectivity index (χ4n) is 3.63. The molecule has 1 aromatic carbocycles. The van der Waals surface area contributed by atoms with Crippen molar-refractivity contribution in [2.24, 2.45) is 4.99 Å². The first-order chi connectivity index (χ1) is 13.5. The quantitative estimate of drug-likeness (QED) is 0.228. The first-order valence-electron chi connectivity index (χ1n) is 10.6. The van der Waals surface area contributed by atoms with Crippen molar-refractivity contribution >= 4 is 35.6 Å². The van der Waals surface area contributed by atoms with Crippen LogP contribution in [0.25, 0.3) is 0 Å². The second kappa shape index (κ2) is 14.0. The van der Waals surface area contributed by atoms with Crippen LogP contribution in [-0.4, -0.2) is 69.4 Å². The molecule has 1 aromatic rings. The summed E-state index contributed by atoms with van der Waals surface area (Å²) in [6.45, 7) is 15.4. The lowest BCUT2D eigenvalue weighted by Gasteiger charge is -2.30. The van der Waals surface area contributed by atoms with Gasteiger partial charge in [-0.3, -0.25) is 9.89 Å². The zero-order chi connectivity index (χ0) is 20.4. The summed E-state index contributed by atoms with van der Waals surface area (Å²) < 4.78 is 5.42. The van der Waals surface area contributed by atoms with E-state index in [2.05, 4.69) is 77.4 Å². The zero-order valence-corrected chi connectivity index (χ0v) is 21.1. The summed E-state index contributed by atoms with van der Waals surface area (Å²) in [6.07, 6.45) is 1.10. The third kappa shape index (κ3) is 9.09. The zero-order valence-electron chi connectivity index (χ0n) is 18.8. The van der Waals surface area contributed by atoms with Crippen molar-refractivity contribution in [1.82, 2.24) is 15.5 Å². The Balaban J connectivity index is 0.00000420. The molecule has 0 aromatic heterocycles.